The summed E-state index contributed by atoms with van der Waals surface area (Å²) in [5, 5.41) is 2.36. The zero-order valence-corrected chi connectivity index (χ0v) is 40.8. The zero-order chi connectivity index (χ0) is 47.9. The summed E-state index contributed by atoms with van der Waals surface area (Å²) in [5.41, 5.74) is 19.0. The predicted molar refractivity (Wildman–Crippen MR) is 298 cm³/mol. The molecule has 6 heteroatoms. The van der Waals surface area contributed by atoms with Crippen LogP contribution in [-0.2, 0) is 5.41 Å². The van der Waals surface area contributed by atoms with E-state index in [1.807, 2.05) is 23.9 Å². The lowest BCUT2D eigenvalue weighted by molar-refractivity contribution is 0.660. The fourth-order valence-corrected chi connectivity index (χ4v) is 13.0. The van der Waals surface area contributed by atoms with Gasteiger partial charge in [-0.05, 0) is 106 Å². The van der Waals surface area contributed by atoms with Crippen LogP contribution >= 0.6 is 11.8 Å². The van der Waals surface area contributed by atoms with Gasteiger partial charge < -0.3 is 9.32 Å². The van der Waals surface area contributed by atoms with Crippen molar-refractivity contribution in [3.63, 3.8) is 0 Å². The lowest BCUT2D eigenvalue weighted by atomic mass is 9.82. The van der Waals surface area contributed by atoms with E-state index in [4.69, 9.17) is 19.4 Å². The quantitative estimate of drug-likeness (QED) is 0.151. The Hall–Kier alpha value is -8.32. The van der Waals surface area contributed by atoms with E-state index in [1.54, 1.807) is 0 Å². The summed E-state index contributed by atoms with van der Waals surface area (Å²) < 4.78 is 6.63. The summed E-state index contributed by atoms with van der Waals surface area (Å²) in [4.78, 5) is 19.5. The third kappa shape index (κ3) is 6.96. The van der Waals surface area contributed by atoms with Gasteiger partial charge in [-0.25, -0.2) is 15.0 Å². The molecular weight excluding hydrogens is 897 g/mol. The van der Waals surface area contributed by atoms with Gasteiger partial charge >= 0.3 is 0 Å². The summed E-state index contributed by atoms with van der Waals surface area (Å²) in [6, 6.07) is 63.6. The van der Waals surface area contributed by atoms with Gasteiger partial charge in [-0.1, -0.05) is 184 Å². The van der Waals surface area contributed by atoms with E-state index < -0.39 is 0 Å². The second-order valence-corrected chi connectivity index (χ2v) is 20.9. The minimum Gasteiger partial charge on any atom is -0.456 e. The number of anilines is 3. The van der Waals surface area contributed by atoms with Crippen LogP contribution in [0, 0.1) is 0 Å². The van der Waals surface area contributed by atoms with Gasteiger partial charge in [0.25, 0.3) is 0 Å². The second-order valence-electron chi connectivity index (χ2n) is 19.7. The van der Waals surface area contributed by atoms with Crippen LogP contribution in [0.2, 0.25) is 0 Å². The Labute approximate surface area is 423 Å². The minimum atomic E-state index is -0.126. The van der Waals surface area contributed by atoms with Crippen LogP contribution in [-0.4, -0.2) is 20.2 Å². The van der Waals surface area contributed by atoms with Crippen molar-refractivity contribution >= 4 is 56.3 Å². The summed E-state index contributed by atoms with van der Waals surface area (Å²) in [6.45, 7) is 4.69. The molecule has 0 radical (unpaired) electrons. The average molecular weight is 945 g/mol. The first kappa shape index (κ1) is 42.5. The SMILES string of the molecule is CC1(C)c2ccccc2-c2c(N(c3ccc(-c4ccccc4)cc3)c3ccc(-c4ccc5oc6cccc(-c7nc(C8=CCCC=C8)nc(-c8cccc9c8SC8C=CC=CC98)n7)c6c5c4)cc3)cccc21. The van der Waals surface area contributed by atoms with Crippen LogP contribution in [0.1, 0.15) is 55.1 Å². The second kappa shape index (κ2) is 16.9. The van der Waals surface area contributed by atoms with Gasteiger partial charge in [0.15, 0.2) is 17.5 Å². The maximum absolute atomic E-state index is 6.63. The standard InChI is InChI=1S/C66H48N4OS/c1-66(2)54-25-11-9-21-50(54)61-55(66)26-15-27-56(61)70(46-35-30-42(31-36-46)41-16-5-3-6-17-41)47-37-32-43(33-38-47)45-34-39-57-53(40-45)60-51(23-14-28-58(60)71-57)64-67-63(44-18-7-4-8-19-44)68-65(69-64)52-24-13-22-49-48-20-10-12-29-59(48)72-62(49)52/h3,5-7,9-40,48,59H,4,8H2,1-2H3. The first-order valence-electron chi connectivity index (χ1n) is 25.0. The van der Waals surface area contributed by atoms with Crippen molar-refractivity contribution in [3.05, 3.63) is 241 Å². The summed E-state index contributed by atoms with van der Waals surface area (Å²) in [7, 11) is 0. The average Bonchev–Trinajstić information content (AvgIpc) is 4.09. The molecular formula is C66H48N4OS. The number of thioether (sulfide) groups is 1. The van der Waals surface area contributed by atoms with Gasteiger partial charge in [-0.2, -0.15) is 0 Å². The molecule has 0 amide bonds. The molecule has 1 aliphatic heterocycles. The van der Waals surface area contributed by atoms with Crippen LogP contribution in [0.25, 0.3) is 83.7 Å². The zero-order valence-electron chi connectivity index (χ0n) is 40.0. The van der Waals surface area contributed by atoms with Crippen LogP contribution < -0.4 is 4.90 Å². The van der Waals surface area contributed by atoms with E-state index in [0.29, 0.717) is 28.6 Å². The molecule has 14 rings (SSSR count). The lowest BCUT2D eigenvalue weighted by Crippen LogP contribution is -2.16. The highest BCUT2D eigenvalue weighted by Crippen LogP contribution is 2.55. The Kier molecular flexibility index (Phi) is 10.0. The van der Waals surface area contributed by atoms with Crippen molar-refractivity contribution in [2.75, 3.05) is 4.90 Å². The van der Waals surface area contributed by atoms with Crippen LogP contribution in [0.5, 0.6) is 0 Å². The number of benzene rings is 8. The van der Waals surface area contributed by atoms with E-state index in [1.165, 1.54) is 43.8 Å². The molecule has 8 aromatic carbocycles. The smallest absolute Gasteiger partial charge is 0.165 e. The predicted octanol–water partition coefficient (Wildman–Crippen LogP) is 17.6. The molecule has 0 fully saturated rings. The highest BCUT2D eigenvalue weighted by atomic mass is 32.2. The number of rotatable bonds is 8. The van der Waals surface area contributed by atoms with Gasteiger partial charge in [-0.15, -0.1) is 11.8 Å². The molecule has 2 unspecified atom stereocenters. The van der Waals surface area contributed by atoms with Crippen LogP contribution in [0.3, 0.4) is 0 Å². The summed E-state index contributed by atoms with van der Waals surface area (Å²) in [6.07, 6.45) is 17.5. The molecule has 344 valence electrons. The normalized spacial score (nSPS) is 16.9. The molecule has 2 aromatic heterocycles. The van der Waals surface area contributed by atoms with Crippen molar-refractivity contribution in [2.45, 2.75) is 48.2 Å². The molecule has 0 saturated heterocycles. The van der Waals surface area contributed by atoms with E-state index in [-0.39, 0.29) is 5.41 Å². The maximum Gasteiger partial charge on any atom is 0.165 e. The number of fused-ring (bicyclic) bond motifs is 9. The largest absolute Gasteiger partial charge is 0.456 e. The molecule has 10 aromatic rings. The third-order valence-corrected chi connectivity index (χ3v) is 16.5. The minimum absolute atomic E-state index is 0.126. The third-order valence-electron chi connectivity index (χ3n) is 15.1. The van der Waals surface area contributed by atoms with Gasteiger partial charge in [0.05, 0.1) is 5.69 Å². The van der Waals surface area contributed by atoms with E-state index >= 15 is 0 Å². The molecule has 0 saturated carbocycles. The van der Waals surface area contributed by atoms with Gasteiger partial charge in [0, 0.05) is 65.9 Å². The van der Waals surface area contributed by atoms with Crippen LogP contribution in [0.4, 0.5) is 17.1 Å². The van der Waals surface area contributed by atoms with E-state index in [0.717, 1.165) is 79.7 Å². The topological polar surface area (TPSA) is 55.1 Å². The number of hydrogen-bond donors (Lipinski definition) is 0. The molecule has 3 heterocycles. The molecule has 5 nitrogen and oxygen atoms in total. The maximum atomic E-state index is 6.63. The molecule has 2 atom stereocenters. The molecule has 0 spiro atoms. The van der Waals surface area contributed by atoms with Crippen molar-refractivity contribution in [1.29, 1.82) is 0 Å². The highest BCUT2D eigenvalue weighted by Gasteiger charge is 2.38. The monoisotopic (exact) mass is 944 g/mol. The Morgan fingerprint density at radius 1 is 0.556 bits per heavy atom. The van der Waals surface area contributed by atoms with Crippen molar-refractivity contribution in [3.8, 4) is 56.2 Å². The Morgan fingerprint density at radius 2 is 1.21 bits per heavy atom. The van der Waals surface area contributed by atoms with Crippen molar-refractivity contribution in [1.82, 2.24) is 15.0 Å². The van der Waals surface area contributed by atoms with E-state index in [9.17, 15) is 0 Å². The molecule has 0 bridgehead atoms. The van der Waals surface area contributed by atoms with Crippen molar-refractivity contribution in [2.24, 2.45) is 0 Å². The molecule has 3 aliphatic carbocycles. The van der Waals surface area contributed by atoms with Gasteiger partial charge in [0.2, 0.25) is 0 Å². The first-order valence-corrected chi connectivity index (χ1v) is 25.9. The fraction of sp³-hybridized carbons (Fsp3) is 0.106. The van der Waals surface area contributed by atoms with Crippen LogP contribution in [0.15, 0.2) is 228 Å². The first-order chi connectivity index (χ1) is 35.4. The molecule has 0 N–H and O–H groups in total. The number of aromatic nitrogens is 3. The Balaban J connectivity index is 0.877. The summed E-state index contributed by atoms with van der Waals surface area (Å²) in [5.74, 6) is 2.34. The fourth-order valence-electron chi connectivity index (χ4n) is 11.5. The Bertz CT molecular complexity index is 3940. The molecule has 4 aliphatic rings. The van der Waals surface area contributed by atoms with E-state index in [2.05, 4.69) is 225 Å². The number of allylic oxidation sites excluding steroid dienone is 7. The summed E-state index contributed by atoms with van der Waals surface area (Å²) >= 11 is 1.91. The van der Waals surface area contributed by atoms with Crippen molar-refractivity contribution < 1.29 is 4.42 Å². The Morgan fingerprint density at radius 3 is 2.01 bits per heavy atom. The van der Waals surface area contributed by atoms with Gasteiger partial charge in [-0.3, -0.25) is 0 Å². The highest BCUT2D eigenvalue weighted by molar-refractivity contribution is 8.00. The van der Waals surface area contributed by atoms with Gasteiger partial charge in [0.1, 0.15) is 11.2 Å². The number of hydrogen-bond acceptors (Lipinski definition) is 6. The molecule has 72 heavy (non-hydrogen) atoms. The number of furan rings is 1. The lowest BCUT2D eigenvalue weighted by Gasteiger charge is -2.29. The number of nitrogens with zero attached hydrogens (tertiary/aromatic N) is 4.